The monoisotopic (exact) mass is 391 g/mol. The zero-order valence-corrected chi connectivity index (χ0v) is 17.3. The third kappa shape index (κ3) is 3.19. The van der Waals surface area contributed by atoms with Crippen molar-refractivity contribution in [3.8, 4) is 0 Å². The molecule has 2 aliphatic rings. The first-order valence-electron chi connectivity index (χ1n) is 10.8. The second kappa shape index (κ2) is 7.26. The van der Waals surface area contributed by atoms with E-state index in [1.165, 1.54) is 40.6 Å². The van der Waals surface area contributed by atoms with Crippen LogP contribution < -0.4 is 5.32 Å². The van der Waals surface area contributed by atoms with Gasteiger partial charge in [0.1, 0.15) is 5.82 Å². The van der Waals surface area contributed by atoms with Crippen LogP contribution in [0.1, 0.15) is 48.5 Å². The van der Waals surface area contributed by atoms with Crippen LogP contribution in [0.3, 0.4) is 0 Å². The first kappa shape index (κ1) is 18.8. The molecule has 1 aromatic heterocycles. The molecule has 5 rings (SSSR count). The van der Waals surface area contributed by atoms with Gasteiger partial charge in [-0.15, -0.1) is 0 Å². The maximum Gasteiger partial charge on any atom is 0.123 e. The van der Waals surface area contributed by atoms with Gasteiger partial charge in [-0.25, -0.2) is 4.39 Å². The number of benzene rings is 2. The van der Waals surface area contributed by atoms with Crippen LogP contribution in [0.5, 0.6) is 0 Å². The average Bonchev–Trinajstić information content (AvgIpc) is 3.12. The molecule has 3 nitrogen and oxygen atoms in total. The molecule has 1 atom stereocenters. The highest BCUT2D eigenvalue weighted by atomic mass is 19.1. The highest BCUT2D eigenvalue weighted by Crippen LogP contribution is 2.47. The van der Waals surface area contributed by atoms with E-state index in [4.69, 9.17) is 0 Å². The Morgan fingerprint density at radius 3 is 2.48 bits per heavy atom. The molecule has 2 N–H and O–H groups in total. The molecule has 1 fully saturated rings. The van der Waals surface area contributed by atoms with Crippen LogP contribution in [0, 0.1) is 11.7 Å². The third-order valence-electron chi connectivity index (χ3n) is 7.23. The molecule has 2 heterocycles. The van der Waals surface area contributed by atoms with Gasteiger partial charge < -0.3 is 15.2 Å². The molecule has 0 amide bonds. The zero-order chi connectivity index (χ0) is 20.0. The van der Waals surface area contributed by atoms with Crippen LogP contribution in [0.25, 0.3) is 10.9 Å². The van der Waals surface area contributed by atoms with Gasteiger partial charge in [0, 0.05) is 29.2 Å². The van der Waals surface area contributed by atoms with Crippen molar-refractivity contribution >= 4 is 10.9 Å². The van der Waals surface area contributed by atoms with Crippen molar-refractivity contribution < 1.29 is 4.39 Å². The van der Waals surface area contributed by atoms with Crippen LogP contribution in [0.4, 0.5) is 4.39 Å². The fourth-order valence-electron chi connectivity index (χ4n) is 5.91. The lowest BCUT2D eigenvalue weighted by molar-refractivity contribution is 0.112. The van der Waals surface area contributed by atoms with Crippen LogP contribution >= 0.6 is 0 Å². The fourth-order valence-corrected chi connectivity index (χ4v) is 5.91. The molecule has 0 saturated heterocycles. The van der Waals surface area contributed by atoms with Gasteiger partial charge in [-0.2, -0.15) is 0 Å². The van der Waals surface area contributed by atoms with E-state index in [0.29, 0.717) is 12.0 Å². The lowest BCUT2D eigenvalue weighted by Crippen LogP contribution is -2.50. The van der Waals surface area contributed by atoms with Gasteiger partial charge in [-0.3, -0.25) is 0 Å². The van der Waals surface area contributed by atoms with Gasteiger partial charge >= 0.3 is 0 Å². The van der Waals surface area contributed by atoms with E-state index in [1.54, 1.807) is 12.1 Å². The summed E-state index contributed by atoms with van der Waals surface area (Å²) in [6, 6.07) is 16.1. The van der Waals surface area contributed by atoms with Crippen molar-refractivity contribution in [3.05, 3.63) is 71.2 Å². The Bertz CT molecular complexity index is 997. The molecular weight excluding hydrogens is 361 g/mol. The molecule has 152 valence electrons. The largest absolute Gasteiger partial charge is 0.357 e. The highest BCUT2D eigenvalue weighted by molar-refractivity contribution is 5.85. The molecule has 1 aliphatic heterocycles. The lowest BCUT2D eigenvalue weighted by atomic mass is 9.69. The molecule has 29 heavy (non-hydrogen) atoms. The molecular formula is C25H30FN3. The van der Waals surface area contributed by atoms with E-state index < -0.39 is 0 Å². The Kier molecular flexibility index (Phi) is 4.72. The maximum atomic E-state index is 13.4. The van der Waals surface area contributed by atoms with Gasteiger partial charge in [-0.1, -0.05) is 30.3 Å². The molecule has 1 aliphatic carbocycles. The molecule has 0 radical (unpaired) electrons. The van der Waals surface area contributed by atoms with Crippen molar-refractivity contribution in [1.82, 2.24) is 15.2 Å². The Morgan fingerprint density at radius 1 is 1.03 bits per heavy atom. The summed E-state index contributed by atoms with van der Waals surface area (Å²) in [5.74, 6) is 0.421. The third-order valence-corrected chi connectivity index (χ3v) is 7.23. The van der Waals surface area contributed by atoms with E-state index >= 15 is 0 Å². The second-order valence-corrected chi connectivity index (χ2v) is 9.08. The highest BCUT2D eigenvalue weighted by Gasteiger charge is 2.43. The number of nitrogens with one attached hydrogen (secondary N) is 2. The summed E-state index contributed by atoms with van der Waals surface area (Å²) >= 11 is 0. The van der Waals surface area contributed by atoms with Gasteiger partial charge in [0.25, 0.3) is 0 Å². The number of aromatic amines is 1. The van der Waals surface area contributed by atoms with E-state index in [2.05, 4.69) is 53.6 Å². The summed E-state index contributed by atoms with van der Waals surface area (Å²) in [5, 5.41) is 5.28. The molecule has 4 heteroatoms. The smallest absolute Gasteiger partial charge is 0.123 e. The van der Waals surface area contributed by atoms with Crippen molar-refractivity contribution in [3.63, 3.8) is 0 Å². The Labute approximate surface area is 172 Å². The predicted molar refractivity (Wildman–Crippen MR) is 116 cm³/mol. The number of hydrogen-bond acceptors (Lipinski definition) is 2. The SMILES string of the molecule is CN(C)C(c1ccc(F)cc1)C1CCC2(CC1)NCCc1c2[nH]c2ccccc12. The second-order valence-electron chi connectivity index (χ2n) is 9.08. The zero-order valence-electron chi connectivity index (χ0n) is 17.3. The van der Waals surface area contributed by atoms with E-state index in [-0.39, 0.29) is 11.4 Å². The van der Waals surface area contributed by atoms with Crippen molar-refractivity contribution in [2.45, 2.75) is 43.7 Å². The quantitative estimate of drug-likeness (QED) is 0.648. The molecule has 1 spiro atoms. The molecule has 3 aromatic rings. The first-order chi connectivity index (χ1) is 14.1. The number of H-pyrrole nitrogens is 1. The summed E-state index contributed by atoms with van der Waals surface area (Å²) < 4.78 is 13.4. The van der Waals surface area contributed by atoms with Gasteiger partial charge in [0.05, 0.1) is 5.54 Å². The normalized spacial score (nSPS) is 25.4. The Hall–Kier alpha value is -2.17. The number of fused-ring (bicyclic) bond motifs is 4. The van der Waals surface area contributed by atoms with E-state index in [0.717, 1.165) is 25.8 Å². The standard InChI is InChI=1S/C25H30FN3/c1-29(2)23(17-7-9-19(26)10-8-17)18-11-14-25(15-12-18)24-21(13-16-27-25)20-5-3-4-6-22(20)28-24/h3-10,18,23,27-28H,11-16H2,1-2H3. The number of para-hydroxylation sites is 1. The molecule has 0 bridgehead atoms. The number of rotatable bonds is 3. The molecule has 1 saturated carbocycles. The first-order valence-corrected chi connectivity index (χ1v) is 10.8. The van der Waals surface area contributed by atoms with E-state index in [1.807, 2.05) is 12.1 Å². The Morgan fingerprint density at radius 2 is 1.76 bits per heavy atom. The van der Waals surface area contributed by atoms with E-state index in [9.17, 15) is 4.39 Å². The topological polar surface area (TPSA) is 31.1 Å². The average molecular weight is 392 g/mol. The summed E-state index contributed by atoms with van der Waals surface area (Å²) in [4.78, 5) is 6.07. The van der Waals surface area contributed by atoms with Gasteiger partial charge in [0.15, 0.2) is 0 Å². The van der Waals surface area contributed by atoms with Crippen LogP contribution in [-0.2, 0) is 12.0 Å². The Balaban J connectivity index is 1.42. The van der Waals surface area contributed by atoms with Crippen molar-refractivity contribution in [2.75, 3.05) is 20.6 Å². The summed E-state index contributed by atoms with van der Waals surface area (Å²) in [6.45, 7) is 1.05. The van der Waals surface area contributed by atoms with Crippen LogP contribution in [-0.4, -0.2) is 30.5 Å². The van der Waals surface area contributed by atoms with Crippen LogP contribution in [0.15, 0.2) is 48.5 Å². The van der Waals surface area contributed by atoms with Crippen molar-refractivity contribution in [1.29, 1.82) is 0 Å². The predicted octanol–water partition coefficient (Wildman–Crippen LogP) is 5.14. The molecule has 1 unspecified atom stereocenters. The molecule has 2 aromatic carbocycles. The maximum absolute atomic E-state index is 13.4. The summed E-state index contributed by atoms with van der Waals surface area (Å²) in [6.07, 6.45) is 5.72. The lowest BCUT2D eigenvalue weighted by Gasteiger charge is -2.46. The van der Waals surface area contributed by atoms with Crippen LogP contribution in [0.2, 0.25) is 0 Å². The number of aromatic nitrogens is 1. The summed E-state index contributed by atoms with van der Waals surface area (Å²) in [5.41, 5.74) is 5.50. The van der Waals surface area contributed by atoms with Gasteiger partial charge in [0.2, 0.25) is 0 Å². The number of hydrogen-bond donors (Lipinski definition) is 2. The fraction of sp³-hybridized carbons (Fsp3) is 0.440. The minimum absolute atomic E-state index is 0.0722. The summed E-state index contributed by atoms with van der Waals surface area (Å²) in [7, 11) is 4.29. The van der Waals surface area contributed by atoms with Gasteiger partial charge in [-0.05, 0) is 81.4 Å². The number of halogens is 1. The minimum Gasteiger partial charge on any atom is -0.357 e. The number of nitrogens with zero attached hydrogens (tertiary/aromatic N) is 1. The van der Waals surface area contributed by atoms with Crippen molar-refractivity contribution in [2.24, 2.45) is 5.92 Å². The minimum atomic E-state index is -0.161.